The van der Waals surface area contributed by atoms with Crippen molar-refractivity contribution in [2.24, 2.45) is 0 Å². The van der Waals surface area contributed by atoms with E-state index < -0.39 is 10.8 Å². The summed E-state index contributed by atoms with van der Waals surface area (Å²) < 4.78 is 17.7. The Morgan fingerprint density at radius 3 is 2.88 bits per heavy atom. The Bertz CT molecular complexity index is 375. The lowest BCUT2D eigenvalue weighted by molar-refractivity contribution is 0.0310. The number of hydrogen-bond donors (Lipinski definition) is 1. The number of nitrogen functional groups attached to an aromatic ring is 1. The van der Waals surface area contributed by atoms with Crippen molar-refractivity contribution in [3.8, 4) is 0 Å². The lowest BCUT2D eigenvalue weighted by Crippen LogP contribution is -2.25. The Labute approximate surface area is 98.4 Å². The van der Waals surface area contributed by atoms with E-state index in [1.165, 1.54) is 6.42 Å². The Hall–Kier alpha value is -0.870. The van der Waals surface area contributed by atoms with E-state index in [-0.39, 0.29) is 6.10 Å². The average Bonchev–Trinajstić information content (AvgIpc) is 2.31. The zero-order valence-electron chi connectivity index (χ0n) is 9.22. The van der Waals surface area contributed by atoms with Gasteiger partial charge in [-0.05, 0) is 31.4 Å². The van der Waals surface area contributed by atoms with Crippen LogP contribution in [0, 0.1) is 0 Å². The summed E-state index contributed by atoms with van der Waals surface area (Å²) in [6, 6.07) is 7.34. The second kappa shape index (κ2) is 5.46. The second-order valence-electron chi connectivity index (χ2n) is 4.04. The van der Waals surface area contributed by atoms with Crippen LogP contribution in [0.15, 0.2) is 29.2 Å². The van der Waals surface area contributed by atoms with Crippen LogP contribution < -0.4 is 5.73 Å². The molecule has 2 atom stereocenters. The fourth-order valence-electron chi connectivity index (χ4n) is 1.89. The van der Waals surface area contributed by atoms with Crippen LogP contribution in [0.1, 0.15) is 19.3 Å². The smallest absolute Gasteiger partial charge is 0.0693 e. The first-order valence-corrected chi connectivity index (χ1v) is 6.94. The van der Waals surface area contributed by atoms with E-state index in [1.807, 2.05) is 18.2 Å². The molecule has 16 heavy (non-hydrogen) atoms. The van der Waals surface area contributed by atoms with Gasteiger partial charge in [0, 0.05) is 12.3 Å². The summed E-state index contributed by atoms with van der Waals surface area (Å²) in [5.41, 5.74) is 6.40. The van der Waals surface area contributed by atoms with Gasteiger partial charge < -0.3 is 10.5 Å². The summed E-state index contributed by atoms with van der Waals surface area (Å²) in [6.45, 7) is 0.798. The number of benzene rings is 1. The van der Waals surface area contributed by atoms with Crippen LogP contribution >= 0.6 is 0 Å². The monoisotopic (exact) mass is 239 g/mol. The van der Waals surface area contributed by atoms with Crippen LogP contribution in [0.2, 0.25) is 0 Å². The summed E-state index contributed by atoms with van der Waals surface area (Å²) in [5, 5.41) is 0. The third-order valence-corrected chi connectivity index (χ3v) is 4.31. The minimum absolute atomic E-state index is 0.134. The van der Waals surface area contributed by atoms with Crippen LogP contribution in [-0.2, 0) is 15.5 Å². The summed E-state index contributed by atoms with van der Waals surface area (Å²) in [5.74, 6) is 0.564. The van der Waals surface area contributed by atoms with Crippen molar-refractivity contribution in [1.82, 2.24) is 0 Å². The van der Waals surface area contributed by atoms with E-state index in [2.05, 4.69) is 0 Å². The van der Waals surface area contributed by atoms with Crippen LogP contribution in [0.25, 0.3) is 0 Å². The molecule has 2 rings (SSSR count). The first kappa shape index (κ1) is 11.6. The molecule has 0 aromatic heterocycles. The highest BCUT2D eigenvalue weighted by molar-refractivity contribution is 7.85. The minimum Gasteiger partial charge on any atom is -0.398 e. The fraction of sp³-hybridized carbons (Fsp3) is 0.500. The predicted molar refractivity (Wildman–Crippen MR) is 65.7 cm³/mol. The third-order valence-electron chi connectivity index (χ3n) is 2.78. The highest BCUT2D eigenvalue weighted by Crippen LogP contribution is 2.20. The molecule has 1 aliphatic rings. The number of anilines is 1. The lowest BCUT2D eigenvalue weighted by Gasteiger charge is -2.22. The number of rotatable bonds is 3. The van der Waals surface area contributed by atoms with Crippen molar-refractivity contribution in [3.05, 3.63) is 24.3 Å². The van der Waals surface area contributed by atoms with Crippen molar-refractivity contribution >= 4 is 16.5 Å². The quantitative estimate of drug-likeness (QED) is 0.820. The standard InChI is InChI=1S/C12H17NO2S/c13-11-6-1-2-7-12(11)16(14)9-10-5-3-4-8-15-10/h1-2,6-7,10H,3-5,8-9,13H2. The molecule has 1 aromatic carbocycles. The van der Waals surface area contributed by atoms with Crippen molar-refractivity contribution < 1.29 is 8.95 Å². The molecule has 0 saturated carbocycles. The topological polar surface area (TPSA) is 52.3 Å². The van der Waals surface area contributed by atoms with Crippen molar-refractivity contribution in [2.45, 2.75) is 30.3 Å². The van der Waals surface area contributed by atoms with E-state index in [9.17, 15) is 4.21 Å². The average molecular weight is 239 g/mol. The van der Waals surface area contributed by atoms with Crippen molar-refractivity contribution in [3.63, 3.8) is 0 Å². The molecule has 1 aromatic rings. The van der Waals surface area contributed by atoms with Crippen molar-refractivity contribution in [1.29, 1.82) is 0 Å². The normalized spacial score (nSPS) is 22.9. The minimum atomic E-state index is -1.04. The van der Waals surface area contributed by atoms with Gasteiger partial charge in [-0.15, -0.1) is 0 Å². The lowest BCUT2D eigenvalue weighted by atomic mass is 10.1. The highest BCUT2D eigenvalue weighted by atomic mass is 32.2. The third kappa shape index (κ3) is 2.83. The predicted octanol–water partition coefficient (Wildman–Crippen LogP) is 1.95. The molecule has 4 heteroatoms. The van der Waals surface area contributed by atoms with E-state index in [0.29, 0.717) is 11.4 Å². The number of hydrogen-bond acceptors (Lipinski definition) is 3. The van der Waals surface area contributed by atoms with E-state index >= 15 is 0 Å². The summed E-state index contributed by atoms with van der Waals surface area (Å²) in [6.07, 6.45) is 3.44. The summed E-state index contributed by atoms with van der Waals surface area (Å²) in [4.78, 5) is 0.733. The van der Waals surface area contributed by atoms with Crippen LogP contribution in [0.5, 0.6) is 0 Å². The van der Waals surface area contributed by atoms with E-state index in [0.717, 1.165) is 24.3 Å². The Morgan fingerprint density at radius 1 is 1.38 bits per heavy atom. The van der Waals surface area contributed by atoms with Gasteiger partial charge in [0.05, 0.1) is 27.6 Å². The van der Waals surface area contributed by atoms with Gasteiger partial charge in [-0.25, -0.2) is 0 Å². The molecule has 0 spiro atoms. The van der Waals surface area contributed by atoms with Crippen LogP contribution in [0.3, 0.4) is 0 Å². The molecule has 0 radical (unpaired) electrons. The maximum Gasteiger partial charge on any atom is 0.0693 e. The van der Waals surface area contributed by atoms with Crippen LogP contribution in [-0.4, -0.2) is 22.7 Å². The van der Waals surface area contributed by atoms with E-state index in [1.54, 1.807) is 6.07 Å². The first-order valence-electron chi connectivity index (χ1n) is 5.62. The van der Waals surface area contributed by atoms with Gasteiger partial charge in [0.1, 0.15) is 0 Å². The van der Waals surface area contributed by atoms with Crippen LogP contribution in [0.4, 0.5) is 5.69 Å². The van der Waals surface area contributed by atoms with Gasteiger partial charge in [-0.1, -0.05) is 12.1 Å². The largest absolute Gasteiger partial charge is 0.398 e. The highest BCUT2D eigenvalue weighted by Gasteiger charge is 2.18. The molecule has 88 valence electrons. The first-order chi connectivity index (χ1) is 7.77. The zero-order valence-corrected chi connectivity index (χ0v) is 10.0. The van der Waals surface area contributed by atoms with Gasteiger partial charge in [0.2, 0.25) is 0 Å². The Morgan fingerprint density at radius 2 is 2.19 bits per heavy atom. The molecule has 1 aliphatic heterocycles. The molecular weight excluding hydrogens is 222 g/mol. The zero-order chi connectivity index (χ0) is 11.4. The van der Waals surface area contributed by atoms with Gasteiger partial charge in [0.25, 0.3) is 0 Å². The molecule has 0 aliphatic carbocycles. The molecule has 3 nitrogen and oxygen atoms in total. The maximum absolute atomic E-state index is 12.1. The Kier molecular flexibility index (Phi) is 3.96. The molecule has 0 bridgehead atoms. The summed E-state index contributed by atoms with van der Waals surface area (Å²) >= 11 is 0. The van der Waals surface area contributed by atoms with Gasteiger partial charge in [0.15, 0.2) is 0 Å². The molecule has 0 amide bonds. The van der Waals surface area contributed by atoms with E-state index in [4.69, 9.17) is 10.5 Å². The second-order valence-corrected chi connectivity index (χ2v) is 5.50. The maximum atomic E-state index is 12.1. The van der Waals surface area contributed by atoms with Crippen molar-refractivity contribution in [2.75, 3.05) is 18.1 Å². The molecule has 1 saturated heterocycles. The van der Waals surface area contributed by atoms with Gasteiger partial charge in [-0.2, -0.15) is 0 Å². The van der Waals surface area contributed by atoms with Gasteiger partial charge >= 0.3 is 0 Å². The number of nitrogens with two attached hydrogens (primary N) is 1. The SMILES string of the molecule is Nc1ccccc1S(=O)CC1CCCCO1. The molecule has 1 fully saturated rings. The summed E-state index contributed by atoms with van der Waals surface area (Å²) in [7, 11) is -1.04. The molecular formula is C12H17NO2S. The Balaban J connectivity index is 2.00. The molecule has 1 heterocycles. The van der Waals surface area contributed by atoms with Gasteiger partial charge in [-0.3, -0.25) is 4.21 Å². The molecule has 2 N–H and O–H groups in total. The molecule has 2 unspecified atom stereocenters. The number of para-hydroxylation sites is 1. The fourth-order valence-corrected chi connectivity index (χ4v) is 3.23. The number of ether oxygens (including phenoxy) is 1.